The van der Waals surface area contributed by atoms with Gasteiger partial charge in [0.15, 0.2) is 0 Å². The fourth-order valence-corrected chi connectivity index (χ4v) is 1.49. The number of benzene rings is 1. The molecule has 0 radical (unpaired) electrons. The number of hydrogen-bond donors (Lipinski definition) is 3. The van der Waals surface area contributed by atoms with E-state index in [0.29, 0.717) is 5.02 Å². The Morgan fingerprint density at radius 2 is 1.74 bits per heavy atom. The summed E-state index contributed by atoms with van der Waals surface area (Å²) in [6.45, 7) is 0. The largest absolute Gasteiger partial charge is 0.481 e. The van der Waals surface area contributed by atoms with Gasteiger partial charge in [0.1, 0.15) is 6.04 Å². The summed E-state index contributed by atoms with van der Waals surface area (Å²) in [5.74, 6) is -2.98. The molecule has 0 aliphatic heterocycles. The molecule has 0 aliphatic rings. The number of carbonyl (C=O) groups is 3. The van der Waals surface area contributed by atoms with E-state index in [9.17, 15) is 14.4 Å². The van der Waals surface area contributed by atoms with Crippen LogP contribution in [-0.4, -0.2) is 34.1 Å². The van der Waals surface area contributed by atoms with E-state index in [1.165, 1.54) is 24.3 Å². The van der Waals surface area contributed by atoms with Crippen LogP contribution in [0, 0.1) is 0 Å². The summed E-state index contributed by atoms with van der Waals surface area (Å²) in [5, 5.41) is 20.1. The monoisotopic (exact) mass is 285 g/mol. The fourth-order valence-electron chi connectivity index (χ4n) is 1.37. The van der Waals surface area contributed by atoms with E-state index in [-0.39, 0.29) is 18.4 Å². The quantitative estimate of drug-likeness (QED) is 0.733. The molecule has 0 aliphatic carbocycles. The van der Waals surface area contributed by atoms with Crippen molar-refractivity contribution >= 4 is 29.4 Å². The predicted molar refractivity (Wildman–Crippen MR) is 67.2 cm³/mol. The minimum absolute atomic E-state index is 0.177. The van der Waals surface area contributed by atoms with Gasteiger partial charge >= 0.3 is 11.9 Å². The van der Waals surface area contributed by atoms with Gasteiger partial charge in [-0.2, -0.15) is 0 Å². The average molecular weight is 286 g/mol. The van der Waals surface area contributed by atoms with E-state index in [4.69, 9.17) is 21.8 Å². The number of aliphatic carboxylic acids is 2. The molecule has 3 N–H and O–H groups in total. The highest BCUT2D eigenvalue weighted by Gasteiger charge is 2.21. The maximum Gasteiger partial charge on any atom is 0.326 e. The normalized spacial score (nSPS) is 11.6. The summed E-state index contributed by atoms with van der Waals surface area (Å²) in [6, 6.07) is 4.67. The van der Waals surface area contributed by atoms with E-state index in [1.54, 1.807) is 0 Å². The van der Waals surface area contributed by atoms with Crippen LogP contribution in [0.3, 0.4) is 0 Å². The zero-order valence-corrected chi connectivity index (χ0v) is 10.6. The van der Waals surface area contributed by atoms with Crippen LogP contribution in [0.25, 0.3) is 0 Å². The van der Waals surface area contributed by atoms with Gasteiger partial charge in [0.05, 0.1) is 0 Å². The van der Waals surface area contributed by atoms with Crippen LogP contribution < -0.4 is 5.32 Å². The van der Waals surface area contributed by atoms with Gasteiger partial charge in [0.2, 0.25) is 0 Å². The standard InChI is InChI=1S/C12H12ClNO5/c13-8-3-1-7(2-4-8)11(17)14-9(12(18)19)5-6-10(15)16/h1-4,9H,5-6H2,(H,14,17)(H,15,16)(H,18,19)/t9-/m0/s1. The Hall–Kier alpha value is -2.08. The predicted octanol–water partition coefficient (Wildman–Crippen LogP) is 1.39. The summed E-state index contributed by atoms with van der Waals surface area (Å²) >= 11 is 5.67. The van der Waals surface area contributed by atoms with Gasteiger partial charge in [0, 0.05) is 17.0 Å². The van der Waals surface area contributed by atoms with Crippen molar-refractivity contribution in [1.82, 2.24) is 5.32 Å². The number of carboxylic acids is 2. The van der Waals surface area contributed by atoms with Gasteiger partial charge in [-0.3, -0.25) is 9.59 Å². The minimum atomic E-state index is -1.27. The molecular formula is C12H12ClNO5. The van der Waals surface area contributed by atoms with E-state index in [0.717, 1.165) is 0 Å². The molecule has 0 heterocycles. The maximum absolute atomic E-state index is 11.8. The molecule has 1 aromatic rings. The highest BCUT2D eigenvalue weighted by Crippen LogP contribution is 2.10. The average Bonchev–Trinajstić information content (AvgIpc) is 2.34. The Morgan fingerprint density at radius 3 is 2.21 bits per heavy atom. The molecule has 0 aromatic heterocycles. The molecule has 1 amide bonds. The lowest BCUT2D eigenvalue weighted by Crippen LogP contribution is -2.41. The molecule has 1 aromatic carbocycles. The summed E-state index contributed by atoms with van der Waals surface area (Å²) in [5.41, 5.74) is 0.256. The van der Waals surface area contributed by atoms with Crippen molar-refractivity contribution in [2.24, 2.45) is 0 Å². The number of carbonyl (C=O) groups excluding carboxylic acids is 1. The molecular weight excluding hydrogens is 274 g/mol. The fraction of sp³-hybridized carbons (Fsp3) is 0.250. The molecule has 1 atom stereocenters. The number of amides is 1. The molecule has 7 heteroatoms. The zero-order valence-electron chi connectivity index (χ0n) is 9.80. The number of nitrogens with one attached hydrogen (secondary N) is 1. The third kappa shape index (κ3) is 4.97. The van der Waals surface area contributed by atoms with Crippen molar-refractivity contribution in [2.45, 2.75) is 18.9 Å². The second-order valence-corrected chi connectivity index (χ2v) is 4.24. The van der Waals surface area contributed by atoms with Crippen molar-refractivity contribution in [1.29, 1.82) is 0 Å². The van der Waals surface area contributed by atoms with Gasteiger partial charge < -0.3 is 15.5 Å². The van der Waals surface area contributed by atoms with E-state index in [2.05, 4.69) is 5.32 Å². The van der Waals surface area contributed by atoms with Crippen LogP contribution in [0.2, 0.25) is 5.02 Å². The molecule has 0 unspecified atom stereocenters. The van der Waals surface area contributed by atoms with Crippen LogP contribution in [-0.2, 0) is 9.59 Å². The van der Waals surface area contributed by atoms with Crippen molar-refractivity contribution in [3.63, 3.8) is 0 Å². The summed E-state index contributed by atoms with van der Waals surface area (Å²) < 4.78 is 0. The van der Waals surface area contributed by atoms with Gasteiger partial charge in [0.25, 0.3) is 5.91 Å². The molecule has 0 bridgehead atoms. The van der Waals surface area contributed by atoms with Gasteiger partial charge in [-0.1, -0.05) is 11.6 Å². The molecule has 19 heavy (non-hydrogen) atoms. The lowest BCUT2D eigenvalue weighted by molar-refractivity contribution is -0.140. The van der Waals surface area contributed by atoms with Crippen LogP contribution in [0.4, 0.5) is 0 Å². The minimum Gasteiger partial charge on any atom is -0.481 e. The van der Waals surface area contributed by atoms with Crippen molar-refractivity contribution in [3.8, 4) is 0 Å². The Bertz CT molecular complexity index is 485. The van der Waals surface area contributed by atoms with Crippen molar-refractivity contribution in [3.05, 3.63) is 34.9 Å². The smallest absolute Gasteiger partial charge is 0.326 e. The third-order valence-electron chi connectivity index (χ3n) is 2.36. The van der Waals surface area contributed by atoms with E-state index in [1.807, 2.05) is 0 Å². The van der Waals surface area contributed by atoms with Crippen LogP contribution in [0.1, 0.15) is 23.2 Å². The highest BCUT2D eigenvalue weighted by atomic mass is 35.5. The summed E-state index contributed by atoms with van der Waals surface area (Å²) in [7, 11) is 0. The molecule has 0 fully saturated rings. The molecule has 0 saturated heterocycles. The first kappa shape index (κ1) is 15.0. The lowest BCUT2D eigenvalue weighted by Gasteiger charge is -2.13. The first-order valence-corrected chi connectivity index (χ1v) is 5.79. The molecule has 1 rings (SSSR count). The van der Waals surface area contributed by atoms with Crippen molar-refractivity contribution < 1.29 is 24.6 Å². The number of hydrogen-bond acceptors (Lipinski definition) is 3. The third-order valence-corrected chi connectivity index (χ3v) is 2.61. The topological polar surface area (TPSA) is 104 Å². The Labute approximate surface area is 114 Å². The Morgan fingerprint density at radius 1 is 1.16 bits per heavy atom. The van der Waals surface area contributed by atoms with Gasteiger partial charge in [-0.15, -0.1) is 0 Å². The van der Waals surface area contributed by atoms with E-state index >= 15 is 0 Å². The Balaban J connectivity index is 2.68. The summed E-state index contributed by atoms with van der Waals surface area (Å²) in [4.78, 5) is 33.1. The number of carboxylic acid groups (broad SMARTS) is 2. The molecule has 102 valence electrons. The first-order valence-electron chi connectivity index (χ1n) is 5.41. The van der Waals surface area contributed by atoms with Gasteiger partial charge in [-0.05, 0) is 30.7 Å². The second kappa shape index (κ2) is 6.75. The maximum atomic E-state index is 11.8. The molecule has 0 spiro atoms. The van der Waals surface area contributed by atoms with Crippen molar-refractivity contribution in [2.75, 3.05) is 0 Å². The van der Waals surface area contributed by atoms with Gasteiger partial charge in [-0.25, -0.2) is 4.79 Å². The number of rotatable bonds is 6. The zero-order chi connectivity index (χ0) is 14.4. The van der Waals surface area contributed by atoms with E-state index < -0.39 is 23.9 Å². The van der Waals surface area contributed by atoms with Crippen LogP contribution in [0.5, 0.6) is 0 Å². The summed E-state index contributed by atoms with van der Waals surface area (Å²) in [6.07, 6.45) is -0.512. The lowest BCUT2D eigenvalue weighted by atomic mass is 10.1. The first-order chi connectivity index (χ1) is 8.90. The number of halogens is 1. The van der Waals surface area contributed by atoms with Crippen LogP contribution in [0.15, 0.2) is 24.3 Å². The van der Waals surface area contributed by atoms with Crippen LogP contribution >= 0.6 is 11.6 Å². The highest BCUT2D eigenvalue weighted by molar-refractivity contribution is 6.30. The second-order valence-electron chi connectivity index (χ2n) is 3.80. The molecule has 6 nitrogen and oxygen atoms in total. The Kier molecular flexibility index (Phi) is 5.32. The SMILES string of the molecule is O=C(O)CC[C@H](NC(=O)c1ccc(Cl)cc1)C(=O)O. The molecule has 0 saturated carbocycles.